The molecule has 40 heavy (non-hydrogen) atoms. The molecule has 2 aliphatic carbocycles. The van der Waals surface area contributed by atoms with Crippen molar-refractivity contribution in [3.63, 3.8) is 0 Å². The molecular weight excluding hydrogens is 494 g/mol. The molecule has 3 saturated heterocycles. The number of nitrogens with one attached hydrogen (secondary N) is 1. The van der Waals surface area contributed by atoms with E-state index in [1.165, 1.54) is 72.7 Å². The number of hydrogen-bond donors (Lipinski definition) is 1. The second-order valence-electron chi connectivity index (χ2n) is 13.5. The van der Waals surface area contributed by atoms with Gasteiger partial charge in [0, 0.05) is 54.7 Å². The van der Waals surface area contributed by atoms with Gasteiger partial charge in [-0.1, -0.05) is 36.4 Å². The van der Waals surface area contributed by atoms with Crippen molar-refractivity contribution in [2.45, 2.75) is 101 Å². The van der Waals surface area contributed by atoms with E-state index in [4.69, 9.17) is 14.7 Å². The van der Waals surface area contributed by atoms with E-state index in [1.54, 1.807) is 5.56 Å². The van der Waals surface area contributed by atoms with Gasteiger partial charge < -0.3 is 15.0 Å². The summed E-state index contributed by atoms with van der Waals surface area (Å²) in [5, 5.41) is 6.69. The van der Waals surface area contributed by atoms with E-state index in [2.05, 4.69) is 65.4 Å². The van der Waals surface area contributed by atoms with E-state index in [9.17, 15) is 0 Å². The monoisotopic (exact) mass is 537 g/mol. The summed E-state index contributed by atoms with van der Waals surface area (Å²) < 4.78 is 6.52. The van der Waals surface area contributed by atoms with Gasteiger partial charge in [0.05, 0.1) is 5.69 Å². The number of aromatic nitrogens is 2. The highest BCUT2D eigenvalue weighted by molar-refractivity contribution is 5.90. The number of benzene rings is 2. The van der Waals surface area contributed by atoms with Crippen LogP contribution in [0.2, 0.25) is 0 Å². The summed E-state index contributed by atoms with van der Waals surface area (Å²) in [6, 6.07) is 16.6. The SMILES string of the molecule is CC(C)N1CCC[C@H]1COc1nc2c(c(N3C[C@H]4CC[C@@H](C3)N4)n1)CCC1(CCc3cccc4cccc1c34)C2. The molecule has 0 saturated carbocycles. The topological polar surface area (TPSA) is 53.5 Å². The highest BCUT2D eigenvalue weighted by Gasteiger charge is 2.43. The molecule has 2 aromatic carbocycles. The van der Waals surface area contributed by atoms with Gasteiger partial charge in [0.25, 0.3) is 0 Å². The Balaban J connectivity index is 1.16. The lowest BCUT2D eigenvalue weighted by Crippen LogP contribution is -2.52. The summed E-state index contributed by atoms with van der Waals surface area (Å²) in [6.45, 7) is 8.53. The first-order chi connectivity index (χ1) is 19.6. The summed E-state index contributed by atoms with van der Waals surface area (Å²) in [4.78, 5) is 15.6. The third-order valence-electron chi connectivity index (χ3n) is 10.9. The van der Waals surface area contributed by atoms with E-state index in [1.807, 2.05) is 0 Å². The fraction of sp³-hybridized carbons (Fsp3) is 0.588. The number of hydrogen-bond acceptors (Lipinski definition) is 6. The van der Waals surface area contributed by atoms with Crippen molar-refractivity contribution in [1.82, 2.24) is 20.2 Å². The first-order valence-corrected chi connectivity index (χ1v) is 15.9. The van der Waals surface area contributed by atoms with Gasteiger partial charge in [0.15, 0.2) is 0 Å². The number of ether oxygens (including phenoxy) is 1. The average molecular weight is 538 g/mol. The molecule has 6 nitrogen and oxygen atoms in total. The zero-order chi connectivity index (χ0) is 26.8. The molecule has 8 rings (SSSR count). The lowest BCUT2D eigenvalue weighted by molar-refractivity contribution is 0.138. The molecular formula is C34H43N5O. The van der Waals surface area contributed by atoms with Crippen LogP contribution in [0, 0.1) is 0 Å². The van der Waals surface area contributed by atoms with Gasteiger partial charge in [-0.05, 0) is 93.7 Å². The molecule has 5 aliphatic rings. The molecule has 4 atom stereocenters. The van der Waals surface area contributed by atoms with Crippen LogP contribution in [-0.4, -0.2) is 65.3 Å². The first kappa shape index (κ1) is 25.0. The minimum Gasteiger partial charge on any atom is -0.462 e. The Kier molecular flexibility index (Phi) is 6.07. The van der Waals surface area contributed by atoms with Gasteiger partial charge in [-0.15, -0.1) is 0 Å². The van der Waals surface area contributed by atoms with E-state index in [0.29, 0.717) is 36.8 Å². The van der Waals surface area contributed by atoms with E-state index in [-0.39, 0.29) is 5.41 Å². The Morgan fingerprint density at radius 2 is 1.80 bits per heavy atom. The zero-order valence-corrected chi connectivity index (χ0v) is 24.2. The lowest BCUT2D eigenvalue weighted by Gasteiger charge is -2.43. The zero-order valence-electron chi connectivity index (χ0n) is 24.2. The lowest BCUT2D eigenvalue weighted by atomic mass is 9.62. The Hall–Kier alpha value is -2.70. The van der Waals surface area contributed by atoms with Gasteiger partial charge >= 0.3 is 6.01 Å². The molecule has 2 bridgehead atoms. The Morgan fingerprint density at radius 1 is 1.00 bits per heavy atom. The van der Waals surface area contributed by atoms with Gasteiger partial charge in [-0.2, -0.15) is 9.97 Å². The van der Waals surface area contributed by atoms with Crippen LogP contribution in [-0.2, 0) is 24.7 Å². The third-order valence-corrected chi connectivity index (χ3v) is 10.9. The van der Waals surface area contributed by atoms with Gasteiger partial charge in [0.2, 0.25) is 0 Å². The van der Waals surface area contributed by atoms with Crippen LogP contribution >= 0.6 is 0 Å². The summed E-state index contributed by atoms with van der Waals surface area (Å²) >= 11 is 0. The fourth-order valence-corrected chi connectivity index (χ4v) is 8.87. The van der Waals surface area contributed by atoms with Crippen molar-refractivity contribution in [2.24, 2.45) is 0 Å². The molecule has 1 N–H and O–H groups in total. The normalized spacial score (nSPS) is 29.5. The van der Waals surface area contributed by atoms with Crippen LogP contribution in [0.3, 0.4) is 0 Å². The van der Waals surface area contributed by atoms with Gasteiger partial charge in [-0.3, -0.25) is 4.90 Å². The van der Waals surface area contributed by atoms with Crippen LogP contribution in [0.1, 0.15) is 74.8 Å². The van der Waals surface area contributed by atoms with Crippen LogP contribution < -0.4 is 15.0 Å². The number of piperazine rings is 1. The molecule has 0 amide bonds. The molecule has 6 heteroatoms. The van der Waals surface area contributed by atoms with Crippen LogP contribution in [0.15, 0.2) is 36.4 Å². The molecule has 1 spiro atoms. The number of fused-ring (bicyclic) bond motifs is 4. The smallest absolute Gasteiger partial charge is 0.318 e. The average Bonchev–Trinajstić information content (AvgIpc) is 3.59. The fourth-order valence-electron chi connectivity index (χ4n) is 8.87. The molecule has 0 radical (unpaired) electrons. The summed E-state index contributed by atoms with van der Waals surface area (Å²) in [5.41, 5.74) is 5.82. The van der Waals surface area contributed by atoms with E-state index >= 15 is 0 Å². The minimum absolute atomic E-state index is 0.145. The van der Waals surface area contributed by atoms with Crippen molar-refractivity contribution in [2.75, 3.05) is 31.1 Å². The van der Waals surface area contributed by atoms with Crippen LogP contribution in [0.5, 0.6) is 6.01 Å². The summed E-state index contributed by atoms with van der Waals surface area (Å²) in [5.74, 6) is 1.16. The van der Waals surface area contributed by atoms with Crippen molar-refractivity contribution in [3.05, 3.63) is 58.8 Å². The number of nitrogens with zero attached hydrogens (tertiary/aromatic N) is 4. The maximum atomic E-state index is 6.52. The Labute approximate surface area is 238 Å². The van der Waals surface area contributed by atoms with Gasteiger partial charge in [-0.25, -0.2) is 0 Å². The number of anilines is 1. The van der Waals surface area contributed by atoms with Crippen molar-refractivity contribution >= 4 is 16.6 Å². The highest BCUT2D eigenvalue weighted by Crippen LogP contribution is 2.49. The number of aryl methyl sites for hydroxylation is 1. The maximum absolute atomic E-state index is 6.52. The molecule has 4 heterocycles. The van der Waals surface area contributed by atoms with Gasteiger partial charge in [0.1, 0.15) is 12.4 Å². The predicted octanol–water partition coefficient (Wildman–Crippen LogP) is 5.19. The van der Waals surface area contributed by atoms with E-state index < -0.39 is 0 Å². The Morgan fingerprint density at radius 3 is 2.62 bits per heavy atom. The quantitative estimate of drug-likeness (QED) is 0.483. The van der Waals surface area contributed by atoms with Crippen molar-refractivity contribution in [1.29, 1.82) is 0 Å². The van der Waals surface area contributed by atoms with E-state index in [0.717, 1.165) is 38.2 Å². The van der Waals surface area contributed by atoms with Crippen LogP contribution in [0.4, 0.5) is 5.82 Å². The molecule has 3 fully saturated rings. The standard InChI is InChI=1S/C34H43N5O/c1-22(2)39-17-5-9-27(39)21-40-33-36-30-18-34(15-13-24-7-3-6-23-8-4-10-29(34)31(23)24)16-14-28(30)32(37-33)38-19-25-11-12-26(20-38)35-25/h3-4,6-8,10,22,25-27,35H,5,9,11-21H2,1-2H3/t25-,26+,27-,34?/m0/s1. The molecule has 3 aromatic rings. The second-order valence-corrected chi connectivity index (χ2v) is 13.5. The molecule has 1 unspecified atom stereocenters. The highest BCUT2D eigenvalue weighted by atomic mass is 16.5. The molecule has 210 valence electrons. The molecule has 3 aliphatic heterocycles. The Bertz CT molecular complexity index is 1420. The van der Waals surface area contributed by atoms with Crippen molar-refractivity contribution in [3.8, 4) is 6.01 Å². The predicted molar refractivity (Wildman–Crippen MR) is 161 cm³/mol. The summed E-state index contributed by atoms with van der Waals surface area (Å²) in [6.07, 6.45) is 10.6. The molecule has 1 aromatic heterocycles. The number of likely N-dealkylation sites (tertiary alicyclic amines) is 1. The third kappa shape index (κ3) is 4.13. The number of rotatable bonds is 5. The largest absolute Gasteiger partial charge is 0.462 e. The minimum atomic E-state index is 0.145. The van der Waals surface area contributed by atoms with Crippen molar-refractivity contribution < 1.29 is 4.74 Å². The van der Waals surface area contributed by atoms with Crippen LogP contribution in [0.25, 0.3) is 10.8 Å². The second kappa shape index (κ2) is 9.70. The summed E-state index contributed by atoms with van der Waals surface area (Å²) in [7, 11) is 0. The first-order valence-electron chi connectivity index (χ1n) is 15.9. The maximum Gasteiger partial charge on any atom is 0.318 e.